The summed E-state index contributed by atoms with van der Waals surface area (Å²) in [4.78, 5) is 5.27. The minimum Gasteiger partial charge on any atom is -0.261 e. The molecule has 3 nitrogen and oxygen atoms in total. The second-order valence-corrected chi connectivity index (χ2v) is 6.92. The summed E-state index contributed by atoms with van der Waals surface area (Å²) in [7, 11) is 1.80. The monoisotopic (exact) mass is 353 g/mol. The summed E-state index contributed by atoms with van der Waals surface area (Å²) in [6.07, 6.45) is 2.01. The van der Waals surface area contributed by atoms with Crippen LogP contribution >= 0.6 is 22.9 Å². The lowest BCUT2D eigenvalue weighted by Crippen LogP contribution is -2.14. The highest BCUT2D eigenvalue weighted by Crippen LogP contribution is 2.25. The molecule has 2 aromatic carbocycles. The third-order valence-corrected chi connectivity index (χ3v) is 5.36. The van der Waals surface area contributed by atoms with Crippen molar-refractivity contribution in [2.24, 2.45) is 10.1 Å². The molecule has 0 saturated heterocycles. The molecular formula is C19H16ClN3S. The predicted molar refractivity (Wildman–Crippen MR) is 101 cm³/mol. The first-order chi connectivity index (χ1) is 11.8. The van der Waals surface area contributed by atoms with E-state index in [9.17, 15) is 0 Å². The molecule has 0 aliphatic heterocycles. The smallest absolute Gasteiger partial charge is 0.205 e. The van der Waals surface area contributed by atoms with Crippen LogP contribution in [0.2, 0.25) is 5.02 Å². The molecule has 24 heavy (non-hydrogen) atoms. The Morgan fingerprint density at radius 2 is 1.83 bits per heavy atom. The molecule has 1 aliphatic rings. The Bertz CT molecular complexity index is 980. The van der Waals surface area contributed by atoms with Crippen LogP contribution in [-0.2, 0) is 6.42 Å². The number of aromatic nitrogens is 1. The van der Waals surface area contributed by atoms with Gasteiger partial charge in [0, 0.05) is 28.6 Å². The molecule has 0 radical (unpaired) electrons. The molecule has 1 aromatic heterocycles. The number of halogens is 1. The second kappa shape index (κ2) is 6.38. The van der Waals surface area contributed by atoms with E-state index in [2.05, 4.69) is 34.6 Å². The zero-order valence-corrected chi connectivity index (χ0v) is 14.8. The Morgan fingerprint density at radius 1 is 1.04 bits per heavy atom. The van der Waals surface area contributed by atoms with Gasteiger partial charge in [0.15, 0.2) is 0 Å². The highest BCUT2D eigenvalue weighted by atomic mass is 35.5. The van der Waals surface area contributed by atoms with Crippen molar-refractivity contribution in [3.63, 3.8) is 0 Å². The van der Waals surface area contributed by atoms with E-state index in [0.29, 0.717) is 0 Å². The highest BCUT2D eigenvalue weighted by molar-refractivity contribution is 7.07. The zero-order valence-electron chi connectivity index (χ0n) is 13.2. The first-order valence-corrected chi connectivity index (χ1v) is 9.07. The number of rotatable bonds is 2. The lowest BCUT2D eigenvalue weighted by atomic mass is 10.1. The molecule has 120 valence electrons. The maximum absolute atomic E-state index is 6.01. The zero-order chi connectivity index (χ0) is 16.5. The fraction of sp³-hybridized carbons (Fsp3) is 0.158. The fourth-order valence-corrected chi connectivity index (χ4v) is 3.92. The van der Waals surface area contributed by atoms with E-state index in [1.54, 1.807) is 18.4 Å². The summed E-state index contributed by atoms with van der Waals surface area (Å²) in [6, 6.07) is 16.3. The first-order valence-electron chi connectivity index (χ1n) is 7.81. The van der Waals surface area contributed by atoms with Crippen molar-refractivity contribution in [2.45, 2.75) is 12.8 Å². The van der Waals surface area contributed by atoms with E-state index < -0.39 is 0 Å². The summed E-state index contributed by atoms with van der Waals surface area (Å²) in [5, 5.41) is 7.77. The topological polar surface area (TPSA) is 29.6 Å². The van der Waals surface area contributed by atoms with Crippen molar-refractivity contribution >= 4 is 28.6 Å². The molecule has 0 N–H and O–H groups in total. The maximum atomic E-state index is 6.01. The largest absolute Gasteiger partial charge is 0.261 e. The molecule has 0 unspecified atom stereocenters. The summed E-state index contributed by atoms with van der Waals surface area (Å²) in [6.45, 7) is 0. The minimum atomic E-state index is 0.733. The Labute approximate surface area is 149 Å². The average Bonchev–Trinajstić information content (AvgIpc) is 3.21. The second-order valence-electron chi connectivity index (χ2n) is 5.65. The van der Waals surface area contributed by atoms with Gasteiger partial charge in [0.2, 0.25) is 4.80 Å². The van der Waals surface area contributed by atoms with Crippen LogP contribution in [0.1, 0.15) is 17.5 Å². The molecular weight excluding hydrogens is 338 g/mol. The lowest BCUT2D eigenvalue weighted by molar-refractivity contribution is 0.837. The van der Waals surface area contributed by atoms with Gasteiger partial charge in [-0.1, -0.05) is 48.0 Å². The highest BCUT2D eigenvalue weighted by Gasteiger charge is 2.18. The molecule has 1 heterocycles. The summed E-state index contributed by atoms with van der Waals surface area (Å²) in [5.41, 5.74) is 5.86. The number of fused-ring (bicyclic) bond motifs is 1. The normalized spacial score (nSPS) is 15.9. The van der Waals surface area contributed by atoms with Gasteiger partial charge in [-0.05, 0) is 30.5 Å². The van der Waals surface area contributed by atoms with Gasteiger partial charge in [0.05, 0.1) is 11.4 Å². The third kappa shape index (κ3) is 2.72. The molecule has 0 bridgehead atoms. The number of benzene rings is 2. The van der Waals surface area contributed by atoms with E-state index >= 15 is 0 Å². The predicted octanol–water partition coefficient (Wildman–Crippen LogP) is 4.60. The van der Waals surface area contributed by atoms with Crippen molar-refractivity contribution in [1.29, 1.82) is 0 Å². The summed E-state index contributed by atoms with van der Waals surface area (Å²) in [5.74, 6) is 0. The van der Waals surface area contributed by atoms with Gasteiger partial charge >= 0.3 is 0 Å². The van der Waals surface area contributed by atoms with Crippen LogP contribution in [0.5, 0.6) is 0 Å². The van der Waals surface area contributed by atoms with Crippen LogP contribution in [0, 0.1) is 0 Å². The molecule has 0 saturated carbocycles. The van der Waals surface area contributed by atoms with Crippen LogP contribution < -0.4 is 4.80 Å². The first kappa shape index (κ1) is 15.4. The van der Waals surface area contributed by atoms with Crippen molar-refractivity contribution in [1.82, 2.24) is 4.68 Å². The van der Waals surface area contributed by atoms with Crippen molar-refractivity contribution in [3.05, 3.63) is 74.9 Å². The van der Waals surface area contributed by atoms with Gasteiger partial charge in [0.1, 0.15) is 0 Å². The van der Waals surface area contributed by atoms with E-state index in [4.69, 9.17) is 16.7 Å². The van der Waals surface area contributed by atoms with E-state index in [1.807, 2.05) is 28.9 Å². The van der Waals surface area contributed by atoms with Crippen molar-refractivity contribution < 1.29 is 0 Å². The number of nitrogens with zero attached hydrogens (tertiary/aromatic N) is 3. The Hall–Kier alpha value is -2.17. The molecule has 0 fully saturated rings. The molecule has 0 atom stereocenters. The molecule has 0 spiro atoms. The van der Waals surface area contributed by atoms with Gasteiger partial charge in [-0.2, -0.15) is 5.10 Å². The third-order valence-electron chi connectivity index (χ3n) is 4.20. The summed E-state index contributed by atoms with van der Waals surface area (Å²) >= 11 is 7.61. The molecule has 3 aromatic rings. The maximum Gasteiger partial charge on any atom is 0.205 e. The Balaban J connectivity index is 1.86. The number of hydrogen-bond donors (Lipinski definition) is 0. The Kier molecular flexibility index (Phi) is 4.08. The van der Waals surface area contributed by atoms with E-state index in [1.165, 1.54) is 11.1 Å². The van der Waals surface area contributed by atoms with Crippen LogP contribution in [0.4, 0.5) is 0 Å². The molecule has 1 aliphatic carbocycles. The van der Waals surface area contributed by atoms with Gasteiger partial charge in [-0.25, -0.2) is 4.68 Å². The number of thiazole rings is 1. The van der Waals surface area contributed by atoms with Crippen molar-refractivity contribution in [2.75, 3.05) is 7.05 Å². The molecule has 4 rings (SSSR count). The minimum absolute atomic E-state index is 0.733. The van der Waals surface area contributed by atoms with Crippen molar-refractivity contribution in [3.8, 4) is 11.3 Å². The van der Waals surface area contributed by atoms with E-state index in [-0.39, 0.29) is 0 Å². The van der Waals surface area contributed by atoms with Gasteiger partial charge in [-0.15, -0.1) is 11.3 Å². The standard InChI is InChI=1S/C19H16ClN3S/c1-21-19-23(18(12-24-19)14-6-9-15(20)10-7-14)22-17-11-8-13-4-2-3-5-16(13)17/h2-7,9-10,12H,8,11H2,1H3. The molecule has 0 amide bonds. The fourth-order valence-electron chi connectivity index (χ4n) is 3.00. The number of hydrogen-bond acceptors (Lipinski definition) is 3. The van der Waals surface area contributed by atoms with Crippen LogP contribution in [-0.4, -0.2) is 17.4 Å². The SMILES string of the molecule is CN=c1scc(-c2ccc(Cl)cc2)n1N=C1CCc2ccccc21. The van der Waals surface area contributed by atoms with Gasteiger partial charge < -0.3 is 0 Å². The molecule has 5 heteroatoms. The van der Waals surface area contributed by atoms with E-state index in [0.717, 1.165) is 39.6 Å². The van der Waals surface area contributed by atoms with Crippen LogP contribution in [0.3, 0.4) is 0 Å². The average molecular weight is 354 g/mol. The van der Waals surface area contributed by atoms with Gasteiger partial charge in [-0.3, -0.25) is 4.99 Å². The lowest BCUT2D eigenvalue weighted by Gasteiger charge is -2.06. The number of aryl methyl sites for hydroxylation is 1. The Morgan fingerprint density at radius 3 is 2.62 bits per heavy atom. The summed E-state index contributed by atoms with van der Waals surface area (Å²) < 4.78 is 1.95. The van der Waals surface area contributed by atoms with Crippen LogP contribution in [0.25, 0.3) is 11.3 Å². The quantitative estimate of drug-likeness (QED) is 0.644. The van der Waals surface area contributed by atoms with Crippen LogP contribution in [0.15, 0.2) is 64.0 Å². The van der Waals surface area contributed by atoms with Gasteiger partial charge in [0.25, 0.3) is 0 Å².